The van der Waals surface area contributed by atoms with Crippen molar-refractivity contribution < 1.29 is 0 Å². The third-order valence-corrected chi connectivity index (χ3v) is 6.63. The lowest BCUT2D eigenvalue weighted by atomic mass is 10.0. The summed E-state index contributed by atoms with van der Waals surface area (Å²) in [5.41, 5.74) is 4.05. The maximum Gasteiger partial charge on any atom is 0.186 e. The number of hydrogen-bond donors (Lipinski definition) is 0. The Morgan fingerprint density at radius 2 is 1.93 bits per heavy atom. The van der Waals surface area contributed by atoms with E-state index in [1.54, 1.807) is 11.3 Å². The van der Waals surface area contributed by atoms with Crippen molar-refractivity contribution in [2.45, 2.75) is 32.4 Å². The fourth-order valence-corrected chi connectivity index (χ4v) is 4.67. The molecule has 0 radical (unpaired) electrons. The lowest BCUT2D eigenvalue weighted by molar-refractivity contribution is 0.209. The molecule has 1 saturated heterocycles. The maximum absolute atomic E-state index is 8.97. The minimum Gasteiger partial charge on any atom is -0.346 e. The van der Waals surface area contributed by atoms with Gasteiger partial charge < -0.3 is 4.90 Å². The number of fused-ring (bicyclic) bond motifs is 1. The molecule has 0 spiro atoms. The van der Waals surface area contributed by atoms with Crippen LogP contribution in [0.3, 0.4) is 0 Å². The van der Waals surface area contributed by atoms with Crippen molar-refractivity contribution in [2.75, 3.05) is 25.0 Å². The number of likely N-dealkylation sites (N-methyl/N-ethyl adjacent to an activating group) is 1. The van der Waals surface area contributed by atoms with Crippen LogP contribution in [0.25, 0.3) is 21.3 Å². The quantitative estimate of drug-likeness (QED) is 0.659. The summed E-state index contributed by atoms with van der Waals surface area (Å²) >= 11 is 1.78. The Bertz CT molecular complexity index is 984. The molecule has 2 aromatic carbocycles. The summed E-state index contributed by atoms with van der Waals surface area (Å²) in [5.74, 6) is 0. The molecule has 2 heterocycles. The van der Waals surface area contributed by atoms with Gasteiger partial charge in [-0.05, 0) is 62.7 Å². The summed E-state index contributed by atoms with van der Waals surface area (Å²) in [6.07, 6.45) is 1.20. The summed E-state index contributed by atoms with van der Waals surface area (Å²) in [5, 5.41) is 10.1. The minimum atomic E-state index is 0.570. The van der Waals surface area contributed by atoms with Gasteiger partial charge in [0, 0.05) is 25.2 Å². The molecule has 1 fully saturated rings. The van der Waals surface area contributed by atoms with Gasteiger partial charge in [-0.2, -0.15) is 5.26 Å². The van der Waals surface area contributed by atoms with E-state index in [1.807, 2.05) is 24.3 Å². The van der Waals surface area contributed by atoms with Crippen molar-refractivity contribution in [1.82, 2.24) is 9.88 Å². The van der Waals surface area contributed by atoms with E-state index in [4.69, 9.17) is 10.2 Å². The van der Waals surface area contributed by atoms with Crippen molar-refractivity contribution in [3.8, 4) is 17.2 Å². The van der Waals surface area contributed by atoms with E-state index in [0.29, 0.717) is 17.6 Å². The molecule has 1 aromatic heterocycles. The predicted molar refractivity (Wildman–Crippen MR) is 113 cm³/mol. The van der Waals surface area contributed by atoms with Gasteiger partial charge in [-0.3, -0.25) is 4.90 Å². The van der Waals surface area contributed by atoms with Crippen LogP contribution in [0.4, 0.5) is 5.13 Å². The van der Waals surface area contributed by atoms with Crippen LogP contribution in [0.2, 0.25) is 0 Å². The first kappa shape index (κ1) is 18.0. The smallest absolute Gasteiger partial charge is 0.186 e. The number of thiazole rings is 1. The van der Waals surface area contributed by atoms with Crippen molar-refractivity contribution >= 4 is 26.7 Å². The van der Waals surface area contributed by atoms with Crippen molar-refractivity contribution in [3.05, 3.63) is 48.0 Å². The first-order chi connectivity index (χ1) is 13.0. The van der Waals surface area contributed by atoms with Gasteiger partial charge in [0.2, 0.25) is 0 Å². The van der Waals surface area contributed by atoms with Crippen LogP contribution in [0.1, 0.15) is 25.8 Å². The SMILES string of the molecule is CC(C)N(C)C1CCN(c2nc3ccc(-c4ccc(C#N)cc4)cc3s2)C1. The van der Waals surface area contributed by atoms with Crippen LogP contribution in [-0.2, 0) is 0 Å². The number of hydrogen-bond acceptors (Lipinski definition) is 5. The molecule has 4 rings (SSSR count). The molecule has 4 nitrogen and oxygen atoms in total. The Balaban J connectivity index is 1.57. The van der Waals surface area contributed by atoms with Gasteiger partial charge in [-0.15, -0.1) is 0 Å². The largest absolute Gasteiger partial charge is 0.346 e. The average Bonchev–Trinajstić information content (AvgIpc) is 3.33. The molecule has 0 aliphatic carbocycles. The molecular weight excluding hydrogens is 352 g/mol. The summed E-state index contributed by atoms with van der Waals surface area (Å²) in [7, 11) is 2.22. The van der Waals surface area contributed by atoms with Crippen LogP contribution in [-0.4, -0.2) is 42.1 Å². The van der Waals surface area contributed by atoms with E-state index in [9.17, 15) is 0 Å². The van der Waals surface area contributed by atoms with Crippen molar-refractivity contribution in [2.24, 2.45) is 0 Å². The molecule has 0 saturated carbocycles. The number of benzene rings is 2. The first-order valence-corrected chi connectivity index (χ1v) is 10.2. The molecule has 0 amide bonds. The zero-order valence-electron chi connectivity index (χ0n) is 16.0. The second kappa shape index (κ2) is 7.30. The lowest BCUT2D eigenvalue weighted by Gasteiger charge is -2.28. The summed E-state index contributed by atoms with van der Waals surface area (Å²) < 4.78 is 1.22. The highest BCUT2D eigenvalue weighted by molar-refractivity contribution is 7.22. The number of aromatic nitrogens is 1. The molecular formula is C22H24N4S. The summed E-state index contributed by atoms with van der Waals surface area (Å²) in [6, 6.07) is 17.5. The number of nitrogens with zero attached hydrogens (tertiary/aromatic N) is 4. The molecule has 0 bridgehead atoms. The Labute approximate surface area is 164 Å². The van der Waals surface area contributed by atoms with Gasteiger partial charge in [0.05, 0.1) is 21.8 Å². The Hall–Kier alpha value is -2.42. The van der Waals surface area contributed by atoms with Gasteiger partial charge in [0.1, 0.15) is 0 Å². The van der Waals surface area contributed by atoms with E-state index in [2.05, 4.69) is 55.0 Å². The van der Waals surface area contributed by atoms with Gasteiger partial charge in [-0.25, -0.2) is 4.98 Å². The standard InChI is InChI=1S/C22H24N4S/c1-15(2)25(3)19-10-11-26(14-19)22-24-20-9-8-18(12-21(20)27-22)17-6-4-16(13-23)5-7-17/h4-9,12,15,19H,10-11,14H2,1-3H3. The van der Waals surface area contributed by atoms with E-state index in [0.717, 1.165) is 29.3 Å². The molecule has 5 heteroatoms. The predicted octanol–water partition coefficient (Wildman–Crippen LogP) is 4.75. The monoisotopic (exact) mass is 376 g/mol. The van der Waals surface area contributed by atoms with Gasteiger partial charge in [-0.1, -0.05) is 29.5 Å². The molecule has 138 valence electrons. The Kier molecular flexibility index (Phi) is 4.86. The minimum absolute atomic E-state index is 0.570. The van der Waals surface area contributed by atoms with E-state index >= 15 is 0 Å². The second-order valence-corrected chi connectivity index (χ2v) is 8.52. The highest BCUT2D eigenvalue weighted by atomic mass is 32.1. The molecule has 27 heavy (non-hydrogen) atoms. The molecule has 1 aliphatic heterocycles. The molecule has 1 atom stereocenters. The van der Waals surface area contributed by atoms with E-state index in [1.165, 1.54) is 16.7 Å². The number of rotatable bonds is 4. The molecule has 1 unspecified atom stereocenters. The van der Waals surface area contributed by atoms with Crippen LogP contribution in [0.5, 0.6) is 0 Å². The zero-order chi connectivity index (χ0) is 19.0. The molecule has 0 N–H and O–H groups in total. The Morgan fingerprint density at radius 3 is 2.63 bits per heavy atom. The summed E-state index contributed by atoms with van der Waals surface area (Å²) in [6.45, 7) is 6.64. The molecule has 3 aromatic rings. The van der Waals surface area contributed by atoms with E-state index in [-0.39, 0.29) is 0 Å². The van der Waals surface area contributed by atoms with Crippen LogP contribution in [0, 0.1) is 11.3 Å². The van der Waals surface area contributed by atoms with Gasteiger partial charge in [0.15, 0.2) is 5.13 Å². The normalized spacial score (nSPS) is 17.2. The van der Waals surface area contributed by atoms with E-state index < -0.39 is 0 Å². The fraction of sp³-hybridized carbons (Fsp3) is 0.364. The number of anilines is 1. The van der Waals surface area contributed by atoms with Crippen molar-refractivity contribution in [3.63, 3.8) is 0 Å². The first-order valence-electron chi connectivity index (χ1n) is 9.43. The third-order valence-electron chi connectivity index (χ3n) is 5.55. The average molecular weight is 377 g/mol. The Morgan fingerprint density at radius 1 is 1.19 bits per heavy atom. The van der Waals surface area contributed by atoms with Gasteiger partial charge in [0.25, 0.3) is 0 Å². The highest BCUT2D eigenvalue weighted by Gasteiger charge is 2.28. The zero-order valence-corrected chi connectivity index (χ0v) is 16.8. The third kappa shape index (κ3) is 3.55. The van der Waals surface area contributed by atoms with Gasteiger partial charge >= 0.3 is 0 Å². The second-order valence-electron chi connectivity index (χ2n) is 7.52. The molecule has 1 aliphatic rings. The number of nitriles is 1. The van der Waals surface area contributed by atoms with Crippen LogP contribution in [0.15, 0.2) is 42.5 Å². The van der Waals surface area contributed by atoms with Crippen LogP contribution >= 0.6 is 11.3 Å². The van der Waals surface area contributed by atoms with Crippen molar-refractivity contribution in [1.29, 1.82) is 5.26 Å². The fourth-order valence-electron chi connectivity index (χ4n) is 3.63. The maximum atomic E-state index is 8.97. The lowest BCUT2D eigenvalue weighted by Crippen LogP contribution is -2.39. The topological polar surface area (TPSA) is 43.2 Å². The van der Waals surface area contributed by atoms with Crippen LogP contribution < -0.4 is 4.90 Å². The summed E-state index contributed by atoms with van der Waals surface area (Å²) in [4.78, 5) is 9.77. The highest BCUT2D eigenvalue weighted by Crippen LogP contribution is 2.34.